The van der Waals surface area contributed by atoms with Crippen LogP contribution in [0, 0.1) is 5.92 Å². The third kappa shape index (κ3) is 3.80. The fraction of sp³-hybridized carbons (Fsp3) is 0.333. The summed E-state index contributed by atoms with van der Waals surface area (Å²) in [5.41, 5.74) is 3.17. The summed E-state index contributed by atoms with van der Waals surface area (Å²) in [6.45, 7) is 1.44. The Morgan fingerprint density at radius 3 is 2.97 bits per heavy atom. The molecule has 0 aromatic carbocycles. The van der Waals surface area contributed by atoms with Gasteiger partial charge < -0.3 is 15.6 Å². The molecule has 3 N–H and O–H groups in total. The number of halogens is 2. The van der Waals surface area contributed by atoms with Gasteiger partial charge in [-0.3, -0.25) is 4.79 Å². The lowest BCUT2D eigenvalue weighted by Crippen LogP contribution is -2.28. The highest BCUT2D eigenvalue weighted by atomic mass is 19.3. The van der Waals surface area contributed by atoms with Crippen LogP contribution in [0.1, 0.15) is 30.1 Å². The highest BCUT2D eigenvalue weighted by Gasteiger charge is 2.28. The Balaban J connectivity index is 1.45. The SMILES string of the molecule is C[C@@H](Nc1ncc2c(-c3ccn4ncc(C(=O)NCC(F)F)c4c3)c[nH]c2n1)C1CC1. The lowest BCUT2D eigenvalue weighted by Gasteiger charge is -2.12. The minimum atomic E-state index is -2.61. The fourth-order valence-corrected chi connectivity index (χ4v) is 3.72. The average Bonchev–Trinajstić information content (AvgIpc) is 3.40. The van der Waals surface area contributed by atoms with Crippen molar-refractivity contribution in [2.45, 2.75) is 32.2 Å². The molecular formula is C21H21F2N7O. The van der Waals surface area contributed by atoms with E-state index in [0.717, 1.165) is 16.5 Å². The van der Waals surface area contributed by atoms with Crippen LogP contribution in [0.4, 0.5) is 14.7 Å². The first-order valence-electron chi connectivity index (χ1n) is 10.1. The molecule has 0 bridgehead atoms. The number of nitrogens with zero attached hydrogens (tertiary/aromatic N) is 4. The van der Waals surface area contributed by atoms with Crippen LogP contribution in [0.3, 0.4) is 0 Å². The molecule has 1 fully saturated rings. The van der Waals surface area contributed by atoms with E-state index in [4.69, 9.17) is 0 Å². The summed E-state index contributed by atoms with van der Waals surface area (Å²) in [6.07, 6.45) is 6.57. The smallest absolute Gasteiger partial charge is 0.255 e. The van der Waals surface area contributed by atoms with Gasteiger partial charge in [-0.05, 0) is 43.4 Å². The van der Waals surface area contributed by atoms with Gasteiger partial charge >= 0.3 is 0 Å². The highest BCUT2D eigenvalue weighted by molar-refractivity contribution is 6.02. The van der Waals surface area contributed by atoms with E-state index in [1.807, 2.05) is 12.3 Å². The molecule has 5 rings (SSSR count). The van der Waals surface area contributed by atoms with Gasteiger partial charge in [0.25, 0.3) is 12.3 Å². The van der Waals surface area contributed by atoms with Crippen LogP contribution < -0.4 is 10.6 Å². The Morgan fingerprint density at radius 1 is 1.35 bits per heavy atom. The van der Waals surface area contributed by atoms with Crippen molar-refractivity contribution in [2.75, 3.05) is 11.9 Å². The Bertz CT molecular complexity index is 1260. The predicted octanol–water partition coefficient (Wildman–Crippen LogP) is 3.48. The van der Waals surface area contributed by atoms with Crippen molar-refractivity contribution in [3.8, 4) is 11.1 Å². The second kappa shape index (κ2) is 7.60. The quantitative estimate of drug-likeness (QED) is 0.421. The molecule has 31 heavy (non-hydrogen) atoms. The summed E-state index contributed by atoms with van der Waals surface area (Å²) >= 11 is 0. The van der Waals surface area contributed by atoms with Gasteiger partial charge in [0.2, 0.25) is 5.95 Å². The molecule has 160 valence electrons. The van der Waals surface area contributed by atoms with E-state index in [1.54, 1.807) is 18.5 Å². The molecule has 1 atom stereocenters. The fourth-order valence-electron chi connectivity index (χ4n) is 3.72. The van der Waals surface area contributed by atoms with Crippen molar-refractivity contribution in [3.63, 3.8) is 0 Å². The number of pyridine rings is 1. The number of aromatic amines is 1. The van der Waals surface area contributed by atoms with Crippen LogP contribution in [0.15, 0.2) is 36.9 Å². The molecule has 10 heteroatoms. The number of hydrogen-bond acceptors (Lipinski definition) is 5. The monoisotopic (exact) mass is 425 g/mol. The molecule has 4 aromatic rings. The second-order valence-electron chi connectivity index (χ2n) is 7.83. The van der Waals surface area contributed by atoms with Crippen molar-refractivity contribution in [1.82, 2.24) is 29.9 Å². The standard InChI is InChI=1S/C21H21F2N7O/c1-11(12-2-3-12)28-21-26-8-15-14(7-24-19(15)29-21)13-4-5-30-17(6-13)16(9-27-30)20(31)25-10-18(22)23/h4-9,11-12,18H,2-3,10H2,1H3,(H,25,31)(H2,24,26,28,29)/t11-/m1/s1. The molecule has 4 aromatic heterocycles. The van der Waals surface area contributed by atoms with Crippen LogP contribution in [0.5, 0.6) is 0 Å². The third-order valence-corrected chi connectivity index (χ3v) is 5.61. The van der Waals surface area contributed by atoms with Crippen LogP contribution >= 0.6 is 0 Å². The predicted molar refractivity (Wildman–Crippen MR) is 112 cm³/mol. The number of rotatable bonds is 7. The summed E-state index contributed by atoms with van der Waals surface area (Å²) in [5.74, 6) is 0.688. The molecular weight excluding hydrogens is 404 g/mol. The van der Waals surface area contributed by atoms with Gasteiger partial charge in [0, 0.05) is 35.6 Å². The first kappa shape index (κ1) is 19.4. The van der Waals surface area contributed by atoms with Crippen molar-refractivity contribution < 1.29 is 13.6 Å². The molecule has 4 heterocycles. The Labute approximate surface area is 176 Å². The summed E-state index contributed by atoms with van der Waals surface area (Å²) in [5, 5.41) is 10.6. The summed E-state index contributed by atoms with van der Waals surface area (Å²) in [4.78, 5) is 24.5. The van der Waals surface area contributed by atoms with Gasteiger partial charge in [-0.2, -0.15) is 10.1 Å². The number of carbonyl (C=O) groups is 1. The van der Waals surface area contributed by atoms with E-state index in [0.29, 0.717) is 29.1 Å². The molecule has 0 saturated heterocycles. The molecule has 0 unspecified atom stereocenters. The second-order valence-corrected chi connectivity index (χ2v) is 7.83. The number of aromatic nitrogens is 5. The maximum atomic E-state index is 12.4. The summed E-state index contributed by atoms with van der Waals surface area (Å²) in [6, 6.07) is 4.00. The van der Waals surface area contributed by atoms with E-state index < -0.39 is 18.9 Å². The van der Waals surface area contributed by atoms with Gasteiger partial charge in [-0.1, -0.05) is 0 Å². The summed E-state index contributed by atoms with van der Waals surface area (Å²) in [7, 11) is 0. The molecule has 0 aliphatic heterocycles. The van der Waals surface area contributed by atoms with Crippen molar-refractivity contribution in [2.24, 2.45) is 5.92 Å². The van der Waals surface area contributed by atoms with Crippen molar-refractivity contribution in [3.05, 3.63) is 42.5 Å². The lowest BCUT2D eigenvalue weighted by molar-refractivity contribution is 0.0893. The van der Waals surface area contributed by atoms with Gasteiger partial charge in [0.1, 0.15) is 5.65 Å². The first-order chi connectivity index (χ1) is 15.0. The van der Waals surface area contributed by atoms with Gasteiger partial charge in [-0.15, -0.1) is 0 Å². The molecule has 0 radical (unpaired) electrons. The van der Waals surface area contributed by atoms with E-state index in [1.165, 1.54) is 23.6 Å². The van der Waals surface area contributed by atoms with Gasteiger partial charge in [0.05, 0.1) is 23.8 Å². The Morgan fingerprint density at radius 2 is 2.19 bits per heavy atom. The average molecular weight is 425 g/mol. The Hall–Kier alpha value is -3.56. The van der Waals surface area contributed by atoms with Gasteiger partial charge in [0.15, 0.2) is 0 Å². The molecule has 1 saturated carbocycles. The topological polar surface area (TPSA) is 100 Å². The molecule has 1 aliphatic carbocycles. The van der Waals surface area contributed by atoms with E-state index >= 15 is 0 Å². The van der Waals surface area contributed by atoms with E-state index in [2.05, 4.69) is 37.6 Å². The van der Waals surface area contributed by atoms with Crippen LogP contribution in [-0.2, 0) is 0 Å². The molecule has 1 aliphatic rings. The molecule has 8 nitrogen and oxygen atoms in total. The number of alkyl halides is 2. The zero-order chi connectivity index (χ0) is 21.5. The van der Waals surface area contributed by atoms with E-state index in [9.17, 15) is 13.6 Å². The third-order valence-electron chi connectivity index (χ3n) is 5.61. The zero-order valence-electron chi connectivity index (χ0n) is 16.8. The number of amides is 1. The first-order valence-corrected chi connectivity index (χ1v) is 10.1. The molecule has 0 spiro atoms. The largest absolute Gasteiger partial charge is 0.351 e. The number of carbonyl (C=O) groups excluding carboxylic acids is 1. The highest BCUT2D eigenvalue weighted by Crippen LogP contribution is 2.34. The Kier molecular flexibility index (Phi) is 4.76. The maximum Gasteiger partial charge on any atom is 0.255 e. The minimum absolute atomic E-state index is 0.235. The summed E-state index contributed by atoms with van der Waals surface area (Å²) < 4.78 is 26.4. The number of anilines is 1. The maximum absolute atomic E-state index is 12.4. The zero-order valence-corrected chi connectivity index (χ0v) is 16.8. The van der Waals surface area contributed by atoms with Crippen LogP contribution in [0.25, 0.3) is 27.7 Å². The number of fused-ring (bicyclic) bond motifs is 2. The van der Waals surface area contributed by atoms with Crippen LogP contribution in [0.2, 0.25) is 0 Å². The number of hydrogen-bond donors (Lipinski definition) is 3. The number of H-pyrrole nitrogens is 1. The normalized spacial score (nSPS) is 15.0. The van der Waals surface area contributed by atoms with Crippen molar-refractivity contribution in [1.29, 1.82) is 0 Å². The van der Waals surface area contributed by atoms with Gasteiger partial charge in [-0.25, -0.2) is 18.3 Å². The van der Waals surface area contributed by atoms with Crippen LogP contribution in [-0.4, -0.2) is 49.5 Å². The molecule has 1 amide bonds. The minimum Gasteiger partial charge on any atom is -0.351 e. The van der Waals surface area contributed by atoms with Crippen molar-refractivity contribution >= 4 is 28.4 Å². The van der Waals surface area contributed by atoms with E-state index in [-0.39, 0.29) is 5.56 Å². The number of nitrogens with one attached hydrogen (secondary N) is 3. The lowest BCUT2D eigenvalue weighted by atomic mass is 10.1.